The first-order chi connectivity index (χ1) is 20.8. The topological polar surface area (TPSA) is 149 Å². The molecule has 2 saturated heterocycles. The zero-order valence-corrected chi connectivity index (χ0v) is 28.5. The first-order valence-electron chi connectivity index (χ1n) is 17.9. The van der Waals surface area contributed by atoms with Gasteiger partial charge in [-0.25, -0.2) is 0 Å². The van der Waals surface area contributed by atoms with Gasteiger partial charge in [-0.2, -0.15) is 0 Å². The van der Waals surface area contributed by atoms with Crippen LogP contribution in [-0.2, 0) is 14.2 Å². The van der Waals surface area contributed by atoms with Crippen LogP contribution in [0.2, 0.25) is 0 Å². The van der Waals surface area contributed by atoms with Crippen molar-refractivity contribution >= 4 is 0 Å². The van der Waals surface area contributed by atoms with Gasteiger partial charge in [0.05, 0.1) is 36.1 Å². The molecule has 258 valence electrons. The zero-order chi connectivity index (χ0) is 32.8. The quantitative estimate of drug-likeness (QED) is 0.250. The van der Waals surface area contributed by atoms with Gasteiger partial charge >= 0.3 is 0 Å². The van der Waals surface area contributed by atoms with Gasteiger partial charge in [0.25, 0.3) is 0 Å². The van der Waals surface area contributed by atoms with E-state index in [9.17, 15) is 30.6 Å². The van der Waals surface area contributed by atoms with Gasteiger partial charge in [-0.1, -0.05) is 27.7 Å². The molecule has 6 N–H and O–H groups in total. The maximum absolute atomic E-state index is 11.9. The predicted molar refractivity (Wildman–Crippen MR) is 166 cm³/mol. The van der Waals surface area contributed by atoms with Crippen molar-refractivity contribution in [3.63, 3.8) is 0 Å². The fraction of sp³-hybridized carbons (Fsp3) is 1.00. The van der Waals surface area contributed by atoms with E-state index in [0.29, 0.717) is 11.8 Å². The second-order valence-corrected chi connectivity index (χ2v) is 18.5. The van der Waals surface area contributed by atoms with Crippen LogP contribution in [0.3, 0.4) is 0 Å². The Bertz CT molecular complexity index is 1170. The molecule has 9 nitrogen and oxygen atoms in total. The average molecular weight is 637 g/mol. The fourth-order valence-corrected chi connectivity index (χ4v) is 13.6. The van der Waals surface area contributed by atoms with Crippen LogP contribution in [0.1, 0.15) is 113 Å². The smallest absolute Gasteiger partial charge is 0.186 e. The largest absolute Gasteiger partial charge is 0.394 e. The van der Waals surface area contributed by atoms with Crippen LogP contribution in [0, 0.1) is 44.8 Å². The molecule has 7 rings (SSSR count). The van der Waals surface area contributed by atoms with E-state index in [-0.39, 0.29) is 45.2 Å². The third kappa shape index (κ3) is 4.24. The summed E-state index contributed by atoms with van der Waals surface area (Å²) in [7, 11) is 0. The minimum absolute atomic E-state index is 0.00316. The van der Waals surface area contributed by atoms with Gasteiger partial charge in [-0.05, 0) is 124 Å². The van der Waals surface area contributed by atoms with E-state index in [2.05, 4.69) is 34.6 Å². The molecule has 0 bridgehead atoms. The molecule has 9 heteroatoms. The Morgan fingerprint density at radius 2 is 1.44 bits per heavy atom. The summed E-state index contributed by atoms with van der Waals surface area (Å²) >= 11 is 0. The number of hydrogen-bond acceptors (Lipinski definition) is 9. The van der Waals surface area contributed by atoms with Crippen molar-refractivity contribution in [1.29, 1.82) is 0 Å². The summed E-state index contributed by atoms with van der Waals surface area (Å²) < 4.78 is 19.0. The first-order valence-corrected chi connectivity index (χ1v) is 17.9. The van der Waals surface area contributed by atoms with Crippen LogP contribution in [0.15, 0.2) is 0 Å². The molecule has 16 atom stereocenters. The molecule has 16 unspecified atom stereocenters. The number of aliphatic hydroxyl groups excluding tert-OH is 5. The molecular weight excluding hydrogens is 576 g/mol. The highest BCUT2D eigenvalue weighted by Crippen LogP contribution is 2.89. The fourth-order valence-electron chi connectivity index (χ4n) is 13.6. The summed E-state index contributed by atoms with van der Waals surface area (Å²) in [6.45, 7) is 14.9. The standard InChI is InChI=1S/C36H60O9/c1-30(2)21-8-9-22-33(6)16-19(38)28(34(7)12-10-24(45-34)31(3,4)42)32(33,5)14-15-36(22)18-35(21,36)13-11-23(30)44-29-27(41)26(40)25(39)20(17-37)43-29/h19-29,37-42H,8-18H2,1-7H3. The monoisotopic (exact) mass is 636 g/mol. The van der Waals surface area contributed by atoms with Crippen molar-refractivity contribution < 1.29 is 44.8 Å². The number of ether oxygens (including phenoxy) is 3. The van der Waals surface area contributed by atoms with E-state index < -0.39 is 54.6 Å². The Labute approximate surface area is 269 Å². The molecule has 2 heterocycles. The summed E-state index contributed by atoms with van der Waals surface area (Å²) in [6, 6.07) is 0. The molecule has 0 aromatic rings. The average Bonchev–Trinajstić information content (AvgIpc) is 3.34. The molecule has 7 fully saturated rings. The Kier molecular flexibility index (Phi) is 7.44. The third-order valence-corrected chi connectivity index (χ3v) is 15.9. The SMILES string of the molecule is CC(C)(O)C1CCC(C)(C2C(O)CC3(C)C4CCC5C(C)(C)C(OC6OC(CO)C(O)C(O)C6O)CCC56CC46CCC23C)O1. The lowest BCUT2D eigenvalue weighted by atomic mass is 9.41. The maximum atomic E-state index is 11.9. The number of rotatable bonds is 5. The number of aliphatic hydroxyl groups is 6. The van der Waals surface area contributed by atoms with Gasteiger partial charge in [-0.3, -0.25) is 0 Å². The van der Waals surface area contributed by atoms with Gasteiger partial charge in [0.1, 0.15) is 24.4 Å². The minimum Gasteiger partial charge on any atom is -0.394 e. The lowest BCUT2D eigenvalue weighted by molar-refractivity contribution is -0.326. The molecule has 2 aliphatic heterocycles. The Balaban J connectivity index is 1.12. The van der Waals surface area contributed by atoms with E-state index in [0.717, 1.165) is 51.4 Å². The molecule has 45 heavy (non-hydrogen) atoms. The minimum atomic E-state index is -1.44. The van der Waals surface area contributed by atoms with Crippen molar-refractivity contribution in [2.75, 3.05) is 6.61 Å². The lowest BCUT2D eigenvalue weighted by Gasteiger charge is -2.64. The second kappa shape index (κ2) is 10.1. The van der Waals surface area contributed by atoms with E-state index in [1.54, 1.807) is 0 Å². The lowest BCUT2D eigenvalue weighted by Crippen LogP contribution is -2.62. The highest BCUT2D eigenvalue weighted by molar-refractivity contribution is 5.32. The summed E-state index contributed by atoms with van der Waals surface area (Å²) in [5, 5.41) is 63.7. The number of hydrogen-bond donors (Lipinski definition) is 6. The van der Waals surface area contributed by atoms with E-state index in [1.807, 2.05) is 13.8 Å². The molecule has 0 aromatic heterocycles. The van der Waals surface area contributed by atoms with Crippen molar-refractivity contribution in [1.82, 2.24) is 0 Å². The number of fused-ring (bicyclic) bond motifs is 2. The molecule has 0 radical (unpaired) electrons. The van der Waals surface area contributed by atoms with Crippen LogP contribution in [-0.4, -0.2) is 97.5 Å². The normalized spacial score (nSPS) is 58.7. The Morgan fingerprint density at radius 1 is 0.778 bits per heavy atom. The van der Waals surface area contributed by atoms with Crippen molar-refractivity contribution in [2.24, 2.45) is 44.8 Å². The molecule has 0 aromatic carbocycles. The molecule has 7 aliphatic rings. The van der Waals surface area contributed by atoms with Gasteiger partial charge in [0.2, 0.25) is 0 Å². The van der Waals surface area contributed by atoms with Crippen molar-refractivity contribution in [3.05, 3.63) is 0 Å². The van der Waals surface area contributed by atoms with E-state index in [4.69, 9.17) is 14.2 Å². The molecular formula is C36H60O9. The van der Waals surface area contributed by atoms with Gasteiger partial charge in [0, 0.05) is 5.92 Å². The second-order valence-electron chi connectivity index (χ2n) is 18.5. The first kappa shape index (κ1) is 33.2. The zero-order valence-electron chi connectivity index (χ0n) is 28.5. The van der Waals surface area contributed by atoms with Crippen LogP contribution in [0.4, 0.5) is 0 Å². The van der Waals surface area contributed by atoms with Gasteiger partial charge in [0.15, 0.2) is 6.29 Å². The van der Waals surface area contributed by atoms with Crippen LogP contribution in [0.5, 0.6) is 0 Å². The summed E-state index contributed by atoms with van der Waals surface area (Å²) in [4.78, 5) is 0. The maximum Gasteiger partial charge on any atom is 0.186 e. The Hall–Kier alpha value is -0.360. The van der Waals surface area contributed by atoms with Crippen LogP contribution in [0.25, 0.3) is 0 Å². The predicted octanol–water partition coefficient (Wildman–Crippen LogP) is 3.29. The highest BCUT2D eigenvalue weighted by Gasteiger charge is 2.83. The molecule has 2 spiro atoms. The van der Waals surface area contributed by atoms with Gasteiger partial charge < -0.3 is 44.8 Å². The van der Waals surface area contributed by atoms with E-state index >= 15 is 0 Å². The molecule has 0 amide bonds. The summed E-state index contributed by atoms with van der Waals surface area (Å²) in [5.41, 5.74) is -1.11. The van der Waals surface area contributed by atoms with Crippen molar-refractivity contribution in [2.45, 2.75) is 173 Å². The summed E-state index contributed by atoms with van der Waals surface area (Å²) in [5.74, 6) is 1.02. The van der Waals surface area contributed by atoms with E-state index in [1.165, 1.54) is 12.8 Å². The van der Waals surface area contributed by atoms with Crippen LogP contribution < -0.4 is 0 Å². The molecule has 5 aliphatic carbocycles. The third-order valence-electron chi connectivity index (χ3n) is 15.9. The van der Waals surface area contributed by atoms with Crippen molar-refractivity contribution in [3.8, 4) is 0 Å². The highest BCUT2D eigenvalue weighted by atomic mass is 16.7. The van der Waals surface area contributed by atoms with Crippen LogP contribution >= 0.6 is 0 Å². The summed E-state index contributed by atoms with van der Waals surface area (Å²) in [6.07, 6.45) is 2.91. The molecule has 5 saturated carbocycles. The van der Waals surface area contributed by atoms with Gasteiger partial charge in [-0.15, -0.1) is 0 Å². The Morgan fingerprint density at radius 3 is 2.09 bits per heavy atom.